The summed E-state index contributed by atoms with van der Waals surface area (Å²) in [5, 5.41) is 6.83. The minimum Gasteiger partial charge on any atom is -0.316 e. The summed E-state index contributed by atoms with van der Waals surface area (Å²) in [4.78, 5) is 4.43. The Bertz CT molecular complexity index is 261. The fourth-order valence-electron chi connectivity index (χ4n) is 1.28. The van der Waals surface area contributed by atoms with Gasteiger partial charge in [-0.25, -0.2) is 4.98 Å². The van der Waals surface area contributed by atoms with Crippen LogP contribution in [0.4, 0.5) is 0 Å². The molecule has 0 aliphatic heterocycles. The van der Waals surface area contributed by atoms with E-state index in [-0.39, 0.29) is 0 Å². The molecule has 0 atom stereocenters. The normalized spacial score (nSPS) is 10.8. The van der Waals surface area contributed by atoms with Gasteiger partial charge in [-0.2, -0.15) is 11.8 Å². The Kier molecular flexibility index (Phi) is 7.05. The van der Waals surface area contributed by atoms with Gasteiger partial charge in [-0.1, -0.05) is 6.92 Å². The molecule has 2 nitrogen and oxygen atoms in total. The lowest BCUT2D eigenvalue weighted by molar-refractivity contribution is 0.672. The molecule has 86 valence electrons. The molecule has 0 aromatic carbocycles. The molecule has 0 bridgehead atoms. The molecule has 0 aliphatic carbocycles. The summed E-state index contributed by atoms with van der Waals surface area (Å²) in [5.41, 5.74) is 1.15. The highest BCUT2D eigenvalue weighted by atomic mass is 32.2. The van der Waals surface area contributed by atoms with Gasteiger partial charge in [0.05, 0.1) is 5.01 Å². The summed E-state index contributed by atoms with van der Waals surface area (Å²) in [6.07, 6.45) is 2.34. The zero-order valence-corrected chi connectivity index (χ0v) is 11.2. The maximum Gasteiger partial charge on any atom is 0.0940 e. The van der Waals surface area contributed by atoms with Crippen molar-refractivity contribution in [2.75, 3.05) is 24.6 Å². The number of hydrogen-bond acceptors (Lipinski definition) is 4. The van der Waals surface area contributed by atoms with E-state index in [0.29, 0.717) is 0 Å². The lowest BCUT2D eigenvalue weighted by Crippen LogP contribution is -2.18. The standard InChI is InChI=1S/C11H20N2S2/c1-3-14-8-4-6-12-7-5-11-13-10(2)9-15-11/h9,12H,3-8H2,1-2H3. The monoisotopic (exact) mass is 244 g/mol. The second kappa shape index (κ2) is 8.13. The van der Waals surface area contributed by atoms with Crippen molar-refractivity contribution in [3.8, 4) is 0 Å². The fraction of sp³-hybridized carbons (Fsp3) is 0.727. The summed E-state index contributed by atoms with van der Waals surface area (Å²) in [7, 11) is 0. The molecule has 0 spiro atoms. The molecular weight excluding hydrogens is 224 g/mol. The summed E-state index contributed by atoms with van der Waals surface area (Å²) in [6.45, 7) is 6.46. The predicted molar refractivity (Wildman–Crippen MR) is 71.0 cm³/mol. The van der Waals surface area contributed by atoms with Crippen LogP contribution >= 0.6 is 23.1 Å². The van der Waals surface area contributed by atoms with E-state index in [1.165, 1.54) is 22.9 Å². The average Bonchev–Trinajstić information content (AvgIpc) is 2.63. The van der Waals surface area contributed by atoms with Crippen molar-refractivity contribution in [2.45, 2.75) is 26.7 Å². The van der Waals surface area contributed by atoms with Gasteiger partial charge >= 0.3 is 0 Å². The smallest absolute Gasteiger partial charge is 0.0940 e. The van der Waals surface area contributed by atoms with Crippen LogP contribution < -0.4 is 5.32 Å². The molecule has 15 heavy (non-hydrogen) atoms. The average molecular weight is 244 g/mol. The lowest BCUT2D eigenvalue weighted by atomic mass is 10.4. The van der Waals surface area contributed by atoms with E-state index < -0.39 is 0 Å². The number of nitrogens with one attached hydrogen (secondary N) is 1. The summed E-state index contributed by atoms with van der Waals surface area (Å²) >= 11 is 3.78. The number of thioether (sulfide) groups is 1. The van der Waals surface area contributed by atoms with Crippen molar-refractivity contribution in [3.63, 3.8) is 0 Å². The van der Waals surface area contributed by atoms with Gasteiger partial charge in [0.25, 0.3) is 0 Å². The number of aryl methyl sites for hydroxylation is 1. The van der Waals surface area contributed by atoms with Gasteiger partial charge in [-0.15, -0.1) is 11.3 Å². The van der Waals surface area contributed by atoms with Gasteiger partial charge in [-0.05, 0) is 31.4 Å². The molecule has 1 heterocycles. The highest BCUT2D eigenvalue weighted by Crippen LogP contribution is 2.08. The highest BCUT2D eigenvalue weighted by molar-refractivity contribution is 7.99. The molecule has 1 aromatic heterocycles. The zero-order chi connectivity index (χ0) is 10.9. The molecule has 0 amide bonds. The molecule has 0 aliphatic rings. The van der Waals surface area contributed by atoms with Gasteiger partial charge in [0, 0.05) is 24.0 Å². The van der Waals surface area contributed by atoms with E-state index in [1.54, 1.807) is 11.3 Å². The van der Waals surface area contributed by atoms with E-state index >= 15 is 0 Å². The topological polar surface area (TPSA) is 24.9 Å². The van der Waals surface area contributed by atoms with Crippen LogP contribution in [0.2, 0.25) is 0 Å². The first-order chi connectivity index (χ1) is 7.33. The van der Waals surface area contributed by atoms with Gasteiger partial charge < -0.3 is 5.32 Å². The minimum atomic E-state index is 1.06. The third kappa shape index (κ3) is 6.17. The van der Waals surface area contributed by atoms with Crippen molar-refractivity contribution in [3.05, 3.63) is 16.1 Å². The minimum absolute atomic E-state index is 1.06. The van der Waals surface area contributed by atoms with Crippen molar-refractivity contribution >= 4 is 23.1 Å². The molecule has 1 N–H and O–H groups in total. The third-order valence-corrected chi connectivity index (χ3v) is 4.04. The van der Waals surface area contributed by atoms with Gasteiger partial charge in [-0.3, -0.25) is 0 Å². The van der Waals surface area contributed by atoms with E-state index in [9.17, 15) is 0 Å². The van der Waals surface area contributed by atoms with Crippen LogP contribution in [-0.4, -0.2) is 29.6 Å². The Labute approximate surface area is 101 Å². The van der Waals surface area contributed by atoms with Gasteiger partial charge in [0.2, 0.25) is 0 Å². The molecule has 0 unspecified atom stereocenters. The van der Waals surface area contributed by atoms with E-state index in [2.05, 4.69) is 29.5 Å². The van der Waals surface area contributed by atoms with E-state index in [0.717, 1.165) is 25.2 Å². The molecule has 0 saturated heterocycles. The predicted octanol–water partition coefficient (Wildman–Crippen LogP) is 2.73. The Balaban J connectivity index is 1.93. The number of nitrogens with zero attached hydrogens (tertiary/aromatic N) is 1. The first kappa shape index (κ1) is 13.0. The van der Waals surface area contributed by atoms with Crippen molar-refractivity contribution < 1.29 is 0 Å². The highest BCUT2D eigenvalue weighted by Gasteiger charge is 1.97. The van der Waals surface area contributed by atoms with Crippen LogP contribution in [0.15, 0.2) is 5.38 Å². The maximum absolute atomic E-state index is 4.43. The largest absolute Gasteiger partial charge is 0.316 e. The van der Waals surface area contributed by atoms with Crippen LogP contribution in [0.3, 0.4) is 0 Å². The second-order valence-corrected chi connectivity index (χ2v) is 5.77. The Morgan fingerprint density at radius 3 is 3.00 bits per heavy atom. The van der Waals surface area contributed by atoms with Crippen molar-refractivity contribution in [1.29, 1.82) is 0 Å². The number of rotatable bonds is 8. The van der Waals surface area contributed by atoms with Crippen LogP contribution in [0.1, 0.15) is 24.0 Å². The van der Waals surface area contributed by atoms with Gasteiger partial charge in [0.1, 0.15) is 0 Å². The van der Waals surface area contributed by atoms with Crippen LogP contribution in [-0.2, 0) is 6.42 Å². The van der Waals surface area contributed by atoms with Crippen LogP contribution in [0.25, 0.3) is 0 Å². The maximum atomic E-state index is 4.43. The summed E-state index contributed by atoms with van der Waals surface area (Å²) in [6, 6.07) is 0. The first-order valence-corrected chi connectivity index (χ1v) is 7.56. The summed E-state index contributed by atoms with van der Waals surface area (Å²) < 4.78 is 0. The number of aromatic nitrogens is 1. The van der Waals surface area contributed by atoms with Crippen molar-refractivity contribution in [2.24, 2.45) is 0 Å². The molecule has 0 fully saturated rings. The Hall–Kier alpha value is -0.0600. The number of thiazole rings is 1. The van der Waals surface area contributed by atoms with Crippen LogP contribution in [0, 0.1) is 6.92 Å². The fourth-order valence-corrected chi connectivity index (χ4v) is 2.69. The third-order valence-electron chi connectivity index (χ3n) is 2.03. The Morgan fingerprint density at radius 2 is 2.33 bits per heavy atom. The van der Waals surface area contributed by atoms with E-state index in [1.807, 2.05) is 11.8 Å². The SMILES string of the molecule is CCSCCCNCCc1nc(C)cs1. The summed E-state index contributed by atoms with van der Waals surface area (Å²) in [5.74, 6) is 2.51. The van der Waals surface area contributed by atoms with Crippen molar-refractivity contribution in [1.82, 2.24) is 10.3 Å². The molecular formula is C11H20N2S2. The molecule has 0 radical (unpaired) electrons. The lowest BCUT2D eigenvalue weighted by Gasteiger charge is -2.02. The molecule has 1 rings (SSSR count). The zero-order valence-electron chi connectivity index (χ0n) is 9.58. The number of hydrogen-bond donors (Lipinski definition) is 1. The molecule has 0 saturated carbocycles. The van der Waals surface area contributed by atoms with Crippen LogP contribution in [0.5, 0.6) is 0 Å². The molecule has 1 aromatic rings. The second-order valence-electron chi connectivity index (χ2n) is 3.43. The Morgan fingerprint density at radius 1 is 1.47 bits per heavy atom. The quantitative estimate of drug-likeness (QED) is 0.712. The first-order valence-electron chi connectivity index (χ1n) is 5.52. The molecule has 4 heteroatoms. The van der Waals surface area contributed by atoms with E-state index in [4.69, 9.17) is 0 Å². The van der Waals surface area contributed by atoms with Gasteiger partial charge in [0.15, 0.2) is 0 Å².